The van der Waals surface area contributed by atoms with Gasteiger partial charge >= 0.3 is 0 Å². The normalized spacial score (nSPS) is 13.0. The lowest BCUT2D eigenvalue weighted by Gasteiger charge is -2.23. The number of rotatable bonds is 0. The molecule has 0 radical (unpaired) electrons. The van der Waals surface area contributed by atoms with Crippen LogP contribution in [-0.2, 0) is 0 Å². The van der Waals surface area contributed by atoms with E-state index in [1.54, 1.807) is 12.1 Å². The van der Waals surface area contributed by atoms with Gasteiger partial charge in [-0.05, 0) is 40.4 Å². The third-order valence-electron chi connectivity index (χ3n) is 5.23. The summed E-state index contributed by atoms with van der Waals surface area (Å²) >= 11 is 0. The average molecular weight is 361 g/mol. The van der Waals surface area contributed by atoms with E-state index in [0.717, 1.165) is 27.3 Å². The van der Waals surface area contributed by atoms with Crippen molar-refractivity contribution in [2.24, 2.45) is 0 Å². The lowest BCUT2D eigenvalue weighted by atomic mass is 9.91. The van der Waals surface area contributed by atoms with Gasteiger partial charge < -0.3 is 0 Å². The van der Waals surface area contributed by atoms with E-state index in [1.807, 2.05) is 42.5 Å². The fraction of sp³-hybridized carbons (Fsp3) is 0.0400. The van der Waals surface area contributed by atoms with E-state index in [0.29, 0.717) is 16.5 Å². The first-order valence-corrected chi connectivity index (χ1v) is 9.03. The molecule has 2 amide bonds. The molecule has 0 atom stereocenters. The summed E-state index contributed by atoms with van der Waals surface area (Å²) < 4.78 is 0. The minimum absolute atomic E-state index is 0.276. The number of fused-ring (bicyclic) bond motifs is 1. The van der Waals surface area contributed by atoms with Crippen LogP contribution in [0.2, 0.25) is 0 Å². The van der Waals surface area contributed by atoms with Crippen LogP contribution >= 0.6 is 0 Å². The standard InChI is InChI=1S/C25H15NO2/c1-26-24(27)21-11-5-10-20-18(14-15-22(23(20)21)25(26)28)13-12-17-8-4-7-16-6-2-3-9-19(16)17/h2-11,14-15H,1H3. The molecule has 4 aromatic carbocycles. The molecule has 0 fully saturated rings. The van der Waals surface area contributed by atoms with Crippen LogP contribution in [-0.4, -0.2) is 23.8 Å². The molecule has 0 aliphatic carbocycles. The molecule has 0 saturated heterocycles. The van der Waals surface area contributed by atoms with E-state index in [9.17, 15) is 9.59 Å². The molecule has 4 aromatic rings. The summed E-state index contributed by atoms with van der Waals surface area (Å²) in [6.07, 6.45) is 0. The van der Waals surface area contributed by atoms with Crippen molar-refractivity contribution in [1.29, 1.82) is 0 Å². The van der Waals surface area contributed by atoms with Crippen molar-refractivity contribution in [2.75, 3.05) is 7.05 Å². The second-order valence-corrected chi connectivity index (χ2v) is 6.83. The van der Waals surface area contributed by atoms with Gasteiger partial charge in [-0.2, -0.15) is 0 Å². The summed E-state index contributed by atoms with van der Waals surface area (Å²) in [5.41, 5.74) is 2.84. The van der Waals surface area contributed by atoms with Gasteiger partial charge in [-0.1, -0.05) is 60.4 Å². The van der Waals surface area contributed by atoms with Gasteiger partial charge in [0.05, 0.1) is 0 Å². The first kappa shape index (κ1) is 16.3. The lowest BCUT2D eigenvalue weighted by molar-refractivity contribution is 0.0650. The Balaban J connectivity index is 1.73. The monoisotopic (exact) mass is 361 g/mol. The Morgan fingerprint density at radius 3 is 2.07 bits per heavy atom. The van der Waals surface area contributed by atoms with Crippen LogP contribution in [0.3, 0.4) is 0 Å². The molecule has 0 N–H and O–H groups in total. The Bertz CT molecular complexity index is 1340. The fourth-order valence-electron chi connectivity index (χ4n) is 3.79. The molecule has 3 nitrogen and oxygen atoms in total. The zero-order valence-corrected chi connectivity index (χ0v) is 15.2. The van der Waals surface area contributed by atoms with Gasteiger partial charge in [-0.3, -0.25) is 14.5 Å². The predicted molar refractivity (Wildman–Crippen MR) is 110 cm³/mol. The molecule has 5 rings (SSSR count). The Hall–Kier alpha value is -3.90. The van der Waals surface area contributed by atoms with Crippen molar-refractivity contribution in [3.05, 3.63) is 95.1 Å². The van der Waals surface area contributed by atoms with Gasteiger partial charge in [0, 0.05) is 34.7 Å². The molecular weight excluding hydrogens is 346 g/mol. The predicted octanol–water partition coefficient (Wildman–Crippen LogP) is 4.62. The molecule has 1 heterocycles. The van der Waals surface area contributed by atoms with Gasteiger partial charge in [0.15, 0.2) is 0 Å². The highest BCUT2D eigenvalue weighted by Crippen LogP contribution is 2.31. The van der Waals surface area contributed by atoms with Crippen LogP contribution in [0.4, 0.5) is 0 Å². The largest absolute Gasteiger partial charge is 0.277 e. The van der Waals surface area contributed by atoms with Crippen LogP contribution in [0.1, 0.15) is 31.8 Å². The van der Waals surface area contributed by atoms with E-state index in [2.05, 4.69) is 30.0 Å². The number of amides is 2. The van der Waals surface area contributed by atoms with Gasteiger partial charge in [-0.25, -0.2) is 0 Å². The van der Waals surface area contributed by atoms with E-state index in [4.69, 9.17) is 0 Å². The third-order valence-corrected chi connectivity index (χ3v) is 5.23. The molecule has 0 unspecified atom stereocenters. The van der Waals surface area contributed by atoms with E-state index in [1.165, 1.54) is 11.9 Å². The topological polar surface area (TPSA) is 37.4 Å². The zero-order chi connectivity index (χ0) is 19.3. The molecule has 28 heavy (non-hydrogen) atoms. The van der Waals surface area contributed by atoms with E-state index >= 15 is 0 Å². The number of benzene rings is 4. The molecule has 0 saturated carbocycles. The zero-order valence-electron chi connectivity index (χ0n) is 15.2. The number of carbonyl (C=O) groups is 2. The maximum absolute atomic E-state index is 12.5. The molecular formula is C25H15NO2. The quantitative estimate of drug-likeness (QED) is 0.339. The second kappa shape index (κ2) is 6.07. The molecule has 1 aliphatic rings. The minimum Gasteiger partial charge on any atom is -0.277 e. The van der Waals surface area contributed by atoms with Gasteiger partial charge in [0.25, 0.3) is 11.8 Å². The molecule has 0 bridgehead atoms. The highest BCUT2D eigenvalue weighted by molar-refractivity contribution is 6.25. The van der Waals surface area contributed by atoms with E-state index < -0.39 is 0 Å². The maximum atomic E-state index is 12.5. The second-order valence-electron chi connectivity index (χ2n) is 6.83. The van der Waals surface area contributed by atoms with Crippen molar-refractivity contribution in [3.8, 4) is 11.8 Å². The molecule has 0 spiro atoms. The van der Waals surface area contributed by atoms with Crippen LogP contribution in [0, 0.1) is 11.8 Å². The Labute approximate surface area is 162 Å². The first-order valence-electron chi connectivity index (χ1n) is 9.03. The Morgan fingerprint density at radius 2 is 1.25 bits per heavy atom. The van der Waals surface area contributed by atoms with Crippen molar-refractivity contribution < 1.29 is 9.59 Å². The highest BCUT2D eigenvalue weighted by atomic mass is 16.2. The summed E-state index contributed by atoms with van der Waals surface area (Å²) in [6, 6.07) is 23.4. The number of imide groups is 1. The number of hydrogen-bond donors (Lipinski definition) is 0. The molecule has 0 aromatic heterocycles. The lowest BCUT2D eigenvalue weighted by Crippen LogP contribution is -2.36. The molecule has 132 valence electrons. The fourth-order valence-corrected chi connectivity index (χ4v) is 3.79. The number of nitrogens with zero attached hydrogens (tertiary/aromatic N) is 1. The smallest absolute Gasteiger partial charge is 0.261 e. The SMILES string of the molecule is CN1C(=O)c2cccc3c(C#Cc4cccc5ccccc45)ccc(c23)C1=O. The minimum atomic E-state index is -0.276. The van der Waals surface area contributed by atoms with Crippen LogP contribution in [0.25, 0.3) is 21.5 Å². The molecule has 1 aliphatic heterocycles. The van der Waals surface area contributed by atoms with Gasteiger partial charge in [0.1, 0.15) is 0 Å². The van der Waals surface area contributed by atoms with Crippen molar-refractivity contribution >= 4 is 33.4 Å². The van der Waals surface area contributed by atoms with Crippen LogP contribution in [0.5, 0.6) is 0 Å². The van der Waals surface area contributed by atoms with Crippen molar-refractivity contribution in [1.82, 2.24) is 4.90 Å². The van der Waals surface area contributed by atoms with Gasteiger partial charge in [0.2, 0.25) is 0 Å². The van der Waals surface area contributed by atoms with Crippen LogP contribution in [0.15, 0.2) is 72.8 Å². The number of carbonyl (C=O) groups excluding carboxylic acids is 2. The summed E-state index contributed by atoms with van der Waals surface area (Å²) in [7, 11) is 1.51. The third kappa shape index (κ3) is 2.32. The van der Waals surface area contributed by atoms with Gasteiger partial charge in [-0.15, -0.1) is 0 Å². The Morgan fingerprint density at radius 1 is 0.643 bits per heavy atom. The summed E-state index contributed by atoms with van der Waals surface area (Å²) in [5, 5.41) is 3.77. The summed E-state index contributed by atoms with van der Waals surface area (Å²) in [5.74, 6) is 5.97. The van der Waals surface area contributed by atoms with Crippen molar-refractivity contribution in [3.63, 3.8) is 0 Å². The Kier molecular flexibility index (Phi) is 3.53. The average Bonchev–Trinajstić information content (AvgIpc) is 2.74. The van der Waals surface area contributed by atoms with Crippen molar-refractivity contribution in [2.45, 2.75) is 0 Å². The summed E-state index contributed by atoms with van der Waals surface area (Å²) in [4.78, 5) is 26.2. The summed E-state index contributed by atoms with van der Waals surface area (Å²) in [6.45, 7) is 0. The maximum Gasteiger partial charge on any atom is 0.261 e. The molecule has 3 heteroatoms. The van der Waals surface area contributed by atoms with Crippen LogP contribution < -0.4 is 0 Å². The highest BCUT2D eigenvalue weighted by Gasteiger charge is 2.30. The number of hydrogen-bond acceptors (Lipinski definition) is 2. The first-order chi connectivity index (χ1) is 13.6. The van der Waals surface area contributed by atoms with E-state index in [-0.39, 0.29) is 11.8 Å².